The summed E-state index contributed by atoms with van der Waals surface area (Å²) < 4.78 is 15.7. The fraction of sp³-hybridized carbons (Fsp3) is 0.559. The molecule has 2 amide bonds. The summed E-state index contributed by atoms with van der Waals surface area (Å²) in [5.74, 6) is 2.14. The number of anilines is 4. The Balaban J connectivity index is 0.715. The molecular weight excluding hydrogens is 1030 g/mol. The first kappa shape index (κ1) is 58.1. The van der Waals surface area contributed by atoms with E-state index in [0.717, 1.165) is 140 Å². The number of rotatable bonds is 32. The minimum absolute atomic E-state index is 0.124. The van der Waals surface area contributed by atoms with Gasteiger partial charge in [0.1, 0.15) is 11.5 Å². The van der Waals surface area contributed by atoms with Crippen LogP contribution in [0.1, 0.15) is 146 Å². The van der Waals surface area contributed by atoms with E-state index in [1.807, 2.05) is 22.7 Å². The van der Waals surface area contributed by atoms with Gasteiger partial charge in [0, 0.05) is 122 Å². The molecule has 0 radical (unpaired) electrons. The number of ether oxygens (including phenoxy) is 2. The normalized spacial score (nSPS) is 16.4. The summed E-state index contributed by atoms with van der Waals surface area (Å²) in [6.07, 6.45) is 24.7. The van der Waals surface area contributed by atoms with Gasteiger partial charge in [-0.05, 0) is 134 Å². The van der Waals surface area contributed by atoms with E-state index in [-0.39, 0.29) is 17.7 Å². The predicted octanol–water partition coefficient (Wildman–Crippen LogP) is 15.4. The van der Waals surface area contributed by atoms with Gasteiger partial charge < -0.3 is 29.1 Å². The van der Waals surface area contributed by atoms with Crippen molar-refractivity contribution in [3.8, 4) is 11.5 Å². The number of hydrogen-bond donors (Lipinski definition) is 0. The van der Waals surface area contributed by atoms with Crippen molar-refractivity contribution < 1.29 is 19.1 Å². The molecule has 0 bridgehead atoms. The molecule has 6 aromatic rings. The van der Waals surface area contributed by atoms with Gasteiger partial charge in [0.2, 0.25) is 11.8 Å². The highest BCUT2D eigenvalue weighted by molar-refractivity contribution is 7.17. The largest absolute Gasteiger partial charge is 0.494 e. The molecular formula is C68H92N6O4S2. The number of aryl methyl sites for hydroxylation is 2. The zero-order chi connectivity index (χ0) is 54.7. The second kappa shape index (κ2) is 30.2. The van der Waals surface area contributed by atoms with Crippen LogP contribution in [0.4, 0.5) is 22.7 Å². The average molecular weight is 1120 g/mol. The van der Waals surface area contributed by atoms with Crippen LogP contribution in [0.25, 0.3) is 20.2 Å². The van der Waals surface area contributed by atoms with E-state index < -0.39 is 0 Å². The zero-order valence-electron chi connectivity index (χ0n) is 48.4. The van der Waals surface area contributed by atoms with Crippen LogP contribution in [0, 0.1) is 5.92 Å². The van der Waals surface area contributed by atoms with Crippen LogP contribution in [0.5, 0.6) is 11.5 Å². The molecule has 10 rings (SSSR count). The lowest BCUT2D eigenvalue weighted by Gasteiger charge is -2.37. The summed E-state index contributed by atoms with van der Waals surface area (Å²) in [6, 6.07) is 30.7. The van der Waals surface area contributed by atoms with Crippen molar-refractivity contribution >= 4 is 77.4 Å². The van der Waals surface area contributed by atoms with Crippen LogP contribution in [0.15, 0.2) is 95.7 Å². The Bertz CT molecular complexity index is 2690. The van der Waals surface area contributed by atoms with E-state index in [1.165, 1.54) is 120 Å². The number of amides is 2. The summed E-state index contributed by atoms with van der Waals surface area (Å²) in [4.78, 5) is 42.6. The molecule has 6 heterocycles. The molecule has 430 valence electrons. The Kier molecular flexibility index (Phi) is 22.0. The van der Waals surface area contributed by atoms with Crippen molar-refractivity contribution in [1.82, 2.24) is 9.80 Å². The maximum Gasteiger partial charge on any atom is 0.227 e. The smallest absolute Gasteiger partial charge is 0.227 e. The lowest BCUT2D eigenvalue weighted by Crippen LogP contribution is -2.46. The summed E-state index contributed by atoms with van der Waals surface area (Å²) >= 11 is 3.65. The molecule has 2 saturated heterocycles. The number of fused-ring (bicyclic) bond motifs is 4. The maximum atomic E-state index is 14.1. The Morgan fingerprint density at radius 3 is 1.34 bits per heavy atom. The molecule has 12 heteroatoms. The molecule has 4 aliphatic rings. The predicted molar refractivity (Wildman–Crippen MR) is 338 cm³/mol. The van der Waals surface area contributed by atoms with Crippen LogP contribution < -0.4 is 29.1 Å². The van der Waals surface area contributed by atoms with Crippen LogP contribution in [-0.2, 0) is 22.4 Å². The molecule has 2 fully saturated rings. The number of nitrogens with zero attached hydrogens (tertiary/aromatic N) is 6. The summed E-state index contributed by atoms with van der Waals surface area (Å²) in [7, 11) is 0. The minimum Gasteiger partial charge on any atom is -0.494 e. The monoisotopic (exact) mass is 1120 g/mol. The zero-order valence-corrected chi connectivity index (χ0v) is 50.0. The molecule has 0 N–H and O–H groups in total. The highest BCUT2D eigenvalue weighted by Crippen LogP contribution is 2.37. The van der Waals surface area contributed by atoms with E-state index in [0.29, 0.717) is 39.1 Å². The molecule has 4 aromatic carbocycles. The SMILES string of the molecule is CCCCCCCCCCCCCCCC(CN1C(=O)CCc2ccc(OCCCCN3CCN(c4cccc5sccc45)CC3)cc21)CN1C(=O)CCc2ccc(OCCCCN3CCN(c4cccc5sccc45)CC3)cc21. The van der Waals surface area contributed by atoms with Gasteiger partial charge in [0.05, 0.1) is 24.6 Å². The van der Waals surface area contributed by atoms with Crippen molar-refractivity contribution in [2.45, 2.75) is 148 Å². The van der Waals surface area contributed by atoms with Crippen molar-refractivity contribution in [3.63, 3.8) is 0 Å². The van der Waals surface area contributed by atoms with E-state index >= 15 is 0 Å². The van der Waals surface area contributed by atoms with E-state index in [2.05, 4.69) is 132 Å². The van der Waals surface area contributed by atoms with Crippen molar-refractivity contribution in [2.24, 2.45) is 5.92 Å². The first-order valence-electron chi connectivity index (χ1n) is 31.5. The number of hydrogen-bond acceptors (Lipinski definition) is 10. The number of carbonyl (C=O) groups is 2. The number of thiophene rings is 2. The number of unbranched alkanes of at least 4 members (excludes halogenated alkanes) is 14. The molecule has 0 saturated carbocycles. The first-order valence-corrected chi connectivity index (χ1v) is 33.2. The second-order valence-electron chi connectivity index (χ2n) is 23.5. The fourth-order valence-corrected chi connectivity index (χ4v) is 14.6. The maximum absolute atomic E-state index is 14.1. The van der Waals surface area contributed by atoms with Gasteiger partial charge in [-0.2, -0.15) is 0 Å². The Morgan fingerprint density at radius 2 is 0.887 bits per heavy atom. The van der Waals surface area contributed by atoms with Crippen molar-refractivity contribution in [3.05, 3.63) is 107 Å². The average Bonchev–Trinajstić information content (AvgIpc) is 4.20. The summed E-state index contributed by atoms with van der Waals surface area (Å²) in [5, 5.41) is 7.16. The third kappa shape index (κ3) is 15.9. The first-order chi connectivity index (χ1) is 39.5. The molecule has 0 aliphatic carbocycles. The van der Waals surface area contributed by atoms with Gasteiger partial charge in [-0.15, -0.1) is 22.7 Å². The van der Waals surface area contributed by atoms with Crippen LogP contribution in [0.3, 0.4) is 0 Å². The van der Waals surface area contributed by atoms with E-state index in [9.17, 15) is 9.59 Å². The summed E-state index contributed by atoms with van der Waals surface area (Å²) in [6.45, 7) is 15.5. The Hall–Kier alpha value is -5.14. The number of benzene rings is 4. The minimum atomic E-state index is 0.124. The van der Waals surface area contributed by atoms with Crippen LogP contribution >= 0.6 is 22.7 Å². The number of piperazine rings is 2. The quantitative estimate of drug-likeness (QED) is 0.0387. The molecule has 0 atom stereocenters. The molecule has 2 aromatic heterocycles. The molecule has 10 nitrogen and oxygen atoms in total. The lowest BCUT2D eigenvalue weighted by molar-refractivity contribution is -0.119. The van der Waals surface area contributed by atoms with Gasteiger partial charge in [-0.3, -0.25) is 19.4 Å². The molecule has 0 unspecified atom stereocenters. The van der Waals surface area contributed by atoms with E-state index in [4.69, 9.17) is 9.47 Å². The van der Waals surface area contributed by atoms with Gasteiger partial charge in [0.25, 0.3) is 0 Å². The Labute approximate surface area is 487 Å². The van der Waals surface area contributed by atoms with Gasteiger partial charge in [-0.1, -0.05) is 115 Å². The van der Waals surface area contributed by atoms with Crippen molar-refractivity contribution in [1.29, 1.82) is 0 Å². The standard InChI is InChI=1S/C68H92N6O4S2/c1-2-3-4-5-6-7-8-9-10-11-12-13-14-21-54(52-73-63-50-57(30-26-55(63)28-32-67(73)75)77-46-17-15-36-69-38-42-71(43-39-69)61-22-19-24-65-59(61)34-48-79-65)53-74-64-51-58(31-27-56(64)29-33-68(74)76)78-47-18-16-37-70-40-44-72(45-41-70)62-23-20-25-66-60(62)35-49-80-66/h19-20,22-27,30-31,34-35,48-51,54H,2-18,21,28-29,32-33,36-47,52-53H2,1H3. The third-order valence-corrected chi connectivity index (χ3v) is 19.5. The number of carbonyl (C=O) groups excluding carboxylic acids is 2. The topological polar surface area (TPSA) is 72.0 Å². The fourth-order valence-electron chi connectivity index (χ4n) is 13.0. The van der Waals surface area contributed by atoms with Crippen molar-refractivity contribution in [2.75, 3.05) is 111 Å². The summed E-state index contributed by atoms with van der Waals surface area (Å²) in [5.41, 5.74) is 7.13. The third-order valence-electron chi connectivity index (χ3n) is 17.8. The highest BCUT2D eigenvalue weighted by atomic mass is 32.1. The van der Waals surface area contributed by atoms with Gasteiger partial charge in [0.15, 0.2) is 0 Å². The highest BCUT2D eigenvalue weighted by Gasteiger charge is 2.32. The Morgan fingerprint density at radius 1 is 0.450 bits per heavy atom. The van der Waals surface area contributed by atoms with Gasteiger partial charge >= 0.3 is 0 Å². The second-order valence-corrected chi connectivity index (χ2v) is 25.4. The van der Waals surface area contributed by atoms with E-state index in [1.54, 1.807) is 0 Å². The van der Waals surface area contributed by atoms with Crippen LogP contribution in [-0.4, -0.2) is 113 Å². The molecule has 80 heavy (non-hydrogen) atoms. The van der Waals surface area contributed by atoms with Crippen LogP contribution in [0.2, 0.25) is 0 Å². The lowest BCUT2D eigenvalue weighted by atomic mass is 9.93. The molecule has 4 aliphatic heterocycles. The molecule has 0 spiro atoms. The van der Waals surface area contributed by atoms with Gasteiger partial charge in [-0.25, -0.2) is 0 Å².